The van der Waals surface area contributed by atoms with E-state index in [4.69, 9.17) is 0 Å². The first-order valence-electron chi connectivity index (χ1n) is 8.88. The van der Waals surface area contributed by atoms with E-state index in [0.29, 0.717) is 37.1 Å². The van der Waals surface area contributed by atoms with Gasteiger partial charge in [-0.05, 0) is 36.5 Å². The number of carbonyl (C=O) groups is 1. The van der Waals surface area contributed by atoms with Gasteiger partial charge in [0, 0.05) is 6.54 Å². The normalized spacial score (nSPS) is 18.5. The summed E-state index contributed by atoms with van der Waals surface area (Å²) in [5.41, 5.74) is 1.99. The number of sulfone groups is 1. The van der Waals surface area contributed by atoms with Gasteiger partial charge in [0.1, 0.15) is 0 Å². The van der Waals surface area contributed by atoms with Crippen molar-refractivity contribution in [2.45, 2.75) is 30.1 Å². The number of fused-ring (bicyclic) bond motifs is 1. The smallest absolute Gasteiger partial charge is 0.227 e. The molecule has 2 aromatic carbocycles. The van der Waals surface area contributed by atoms with Gasteiger partial charge in [0.05, 0.1) is 22.3 Å². The van der Waals surface area contributed by atoms with Gasteiger partial charge in [-0.3, -0.25) is 4.79 Å². The molecule has 1 heterocycles. The fraction of sp³-hybridized carbons (Fsp3) is 0.300. The molecule has 27 heavy (non-hydrogen) atoms. The zero-order valence-corrected chi connectivity index (χ0v) is 15.7. The molecule has 2 N–H and O–H groups in total. The van der Waals surface area contributed by atoms with Gasteiger partial charge in [-0.2, -0.15) is 0 Å². The maximum Gasteiger partial charge on any atom is 0.227 e. The molecule has 1 aliphatic rings. The van der Waals surface area contributed by atoms with Gasteiger partial charge in [0.15, 0.2) is 9.84 Å². The van der Waals surface area contributed by atoms with Crippen molar-refractivity contribution in [3.8, 4) is 0 Å². The van der Waals surface area contributed by atoms with E-state index in [2.05, 4.69) is 10.5 Å². The number of amides is 1. The van der Waals surface area contributed by atoms with Crippen LogP contribution in [0.25, 0.3) is 0 Å². The minimum absolute atomic E-state index is 0.0164. The molecule has 0 saturated heterocycles. The van der Waals surface area contributed by atoms with E-state index < -0.39 is 15.8 Å². The highest BCUT2D eigenvalue weighted by Gasteiger charge is 2.33. The van der Waals surface area contributed by atoms with Gasteiger partial charge >= 0.3 is 0 Å². The van der Waals surface area contributed by atoms with Gasteiger partial charge in [-0.15, -0.1) is 0 Å². The summed E-state index contributed by atoms with van der Waals surface area (Å²) < 4.78 is 24.4. The van der Waals surface area contributed by atoms with E-state index in [9.17, 15) is 18.4 Å². The summed E-state index contributed by atoms with van der Waals surface area (Å²) in [6.45, 7) is 0.427. The van der Waals surface area contributed by atoms with Crippen molar-refractivity contribution < 1.29 is 18.4 Å². The Balaban J connectivity index is 1.57. The van der Waals surface area contributed by atoms with Crippen LogP contribution in [0.3, 0.4) is 0 Å². The van der Waals surface area contributed by atoms with E-state index in [1.54, 1.807) is 24.3 Å². The average molecular weight is 386 g/mol. The molecule has 6 nitrogen and oxygen atoms in total. The quantitative estimate of drug-likeness (QED) is 0.345. The van der Waals surface area contributed by atoms with Crippen molar-refractivity contribution in [3.05, 3.63) is 65.7 Å². The van der Waals surface area contributed by atoms with Gasteiger partial charge in [-0.1, -0.05) is 53.7 Å². The molecule has 3 rings (SSSR count). The van der Waals surface area contributed by atoms with Crippen molar-refractivity contribution in [3.63, 3.8) is 0 Å². The average Bonchev–Trinajstić information content (AvgIpc) is 2.69. The molecule has 0 bridgehead atoms. The molecule has 7 heteroatoms. The maximum absolute atomic E-state index is 12.6. The topological polar surface area (TPSA) is 95.8 Å². The predicted molar refractivity (Wildman–Crippen MR) is 103 cm³/mol. The Morgan fingerprint density at radius 1 is 1.11 bits per heavy atom. The van der Waals surface area contributed by atoms with Crippen LogP contribution < -0.4 is 5.32 Å². The Morgan fingerprint density at radius 2 is 1.81 bits per heavy atom. The molecule has 1 aliphatic heterocycles. The molecule has 1 amide bonds. The Morgan fingerprint density at radius 3 is 2.56 bits per heavy atom. The largest absolute Gasteiger partial charge is 0.411 e. The lowest BCUT2D eigenvalue weighted by molar-refractivity contribution is -0.122. The molecule has 0 aliphatic carbocycles. The van der Waals surface area contributed by atoms with Gasteiger partial charge < -0.3 is 10.5 Å². The van der Waals surface area contributed by atoms with E-state index in [1.807, 2.05) is 30.3 Å². The minimum atomic E-state index is -3.30. The van der Waals surface area contributed by atoms with Crippen LogP contribution in [0.1, 0.15) is 36.3 Å². The third-order valence-electron chi connectivity index (χ3n) is 4.74. The number of nitrogens with zero attached hydrogens (tertiary/aromatic N) is 1. The highest BCUT2D eigenvalue weighted by atomic mass is 32.2. The summed E-state index contributed by atoms with van der Waals surface area (Å²) in [4.78, 5) is 12.8. The van der Waals surface area contributed by atoms with Crippen LogP contribution in [0, 0.1) is 0 Å². The highest BCUT2D eigenvalue weighted by Crippen LogP contribution is 2.33. The SMILES string of the molecule is O=C(NCCC/C(=N/O)c1ccccc1)C1CCS(=O)(=O)c2ccccc21. The first kappa shape index (κ1) is 19.1. The van der Waals surface area contributed by atoms with E-state index >= 15 is 0 Å². The van der Waals surface area contributed by atoms with Gasteiger partial charge in [-0.25, -0.2) is 8.42 Å². The molecular formula is C20H22N2O4S. The Bertz CT molecular complexity index is 939. The molecule has 0 spiro atoms. The number of nitrogens with one attached hydrogen (secondary N) is 1. The van der Waals surface area contributed by atoms with Crippen LogP contribution >= 0.6 is 0 Å². The second-order valence-corrected chi connectivity index (χ2v) is 8.58. The lowest BCUT2D eigenvalue weighted by Gasteiger charge is -2.24. The third-order valence-corrected chi connectivity index (χ3v) is 6.55. The first-order valence-corrected chi connectivity index (χ1v) is 10.5. The van der Waals surface area contributed by atoms with Crippen molar-refractivity contribution >= 4 is 21.5 Å². The van der Waals surface area contributed by atoms with Gasteiger partial charge in [0.2, 0.25) is 5.91 Å². The van der Waals surface area contributed by atoms with Crippen molar-refractivity contribution in [1.82, 2.24) is 5.32 Å². The second-order valence-electron chi connectivity index (χ2n) is 6.51. The van der Waals surface area contributed by atoms with Crippen molar-refractivity contribution in [1.29, 1.82) is 0 Å². The fourth-order valence-corrected chi connectivity index (χ4v) is 4.96. The lowest BCUT2D eigenvalue weighted by Crippen LogP contribution is -2.34. The second kappa shape index (κ2) is 8.35. The molecule has 2 aromatic rings. The molecule has 0 aromatic heterocycles. The Kier molecular flexibility index (Phi) is 5.91. The summed E-state index contributed by atoms with van der Waals surface area (Å²) in [5, 5.41) is 15.4. The number of hydrogen-bond donors (Lipinski definition) is 2. The molecule has 142 valence electrons. The first-order chi connectivity index (χ1) is 13.0. The molecular weight excluding hydrogens is 364 g/mol. The Hall–Kier alpha value is -2.67. The fourth-order valence-electron chi connectivity index (χ4n) is 3.34. The molecule has 1 atom stereocenters. The standard InChI is InChI=1S/C20H22N2O4S/c23-20(17-12-14-27(25,26)19-11-5-4-9-16(17)19)21-13-6-10-18(22-24)15-7-2-1-3-8-15/h1-5,7-9,11,17,24H,6,10,12-14H2,(H,21,23)/b22-18-. The van der Waals surface area contributed by atoms with Crippen LogP contribution in [0.4, 0.5) is 0 Å². The summed E-state index contributed by atoms with van der Waals surface area (Å²) in [5.74, 6) is -0.637. The highest BCUT2D eigenvalue weighted by molar-refractivity contribution is 7.91. The minimum Gasteiger partial charge on any atom is -0.411 e. The zero-order valence-electron chi connectivity index (χ0n) is 14.8. The number of oxime groups is 1. The molecule has 0 saturated carbocycles. The van der Waals surface area contributed by atoms with E-state index in [-0.39, 0.29) is 16.6 Å². The van der Waals surface area contributed by atoms with Gasteiger partial charge in [0.25, 0.3) is 0 Å². The summed E-state index contributed by atoms with van der Waals surface area (Å²) >= 11 is 0. The Labute approximate surface area is 158 Å². The number of benzene rings is 2. The van der Waals surface area contributed by atoms with Crippen molar-refractivity contribution in [2.24, 2.45) is 5.16 Å². The van der Waals surface area contributed by atoms with Crippen LogP contribution in [0.15, 0.2) is 64.6 Å². The summed E-state index contributed by atoms with van der Waals surface area (Å²) in [6.07, 6.45) is 1.43. The molecule has 0 radical (unpaired) electrons. The number of rotatable bonds is 6. The van der Waals surface area contributed by atoms with Crippen LogP contribution in [-0.4, -0.2) is 37.5 Å². The van der Waals surface area contributed by atoms with Crippen LogP contribution in [-0.2, 0) is 14.6 Å². The lowest BCUT2D eigenvalue weighted by atomic mass is 9.95. The third kappa shape index (κ3) is 4.36. The molecule has 0 fully saturated rings. The zero-order chi connectivity index (χ0) is 19.3. The molecule has 1 unspecified atom stereocenters. The summed E-state index contributed by atoms with van der Waals surface area (Å²) in [6, 6.07) is 16.1. The van der Waals surface area contributed by atoms with Crippen LogP contribution in [0.5, 0.6) is 0 Å². The van der Waals surface area contributed by atoms with E-state index in [1.165, 1.54) is 0 Å². The number of hydrogen-bond acceptors (Lipinski definition) is 5. The summed E-state index contributed by atoms with van der Waals surface area (Å²) in [7, 11) is -3.30. The predicted octanol–water partition coefficient (Wildman–Crippen LogP) is 2.72. The number of carbonyl (C=O) groups excluding carboxylic acids is 1. The van der Waals surface area contributed by atoms with Crippen LogP contribution in [0.2, 0.25) is 0 Å². The van der Waals surface area contributed by atoms with E-state index in [0.717, 1.165) is 5.56 Å². The monoisotopic (exact) mass is 386 g/mol. The van der Waals surface area contributed by atoms with Crippen molar-refractivity contribution in [2.75, 3.05) is 12.3 Å². The maximum atomic E-state index is 12.6.